The molecule has 116 valence electrons. The van der Waals surface area contributed by atoms with Crippen molar-refractivity contribution in [1.29, 1.82) is 0 Å². The zero-order valence-electron chi connectivity index (χ0n) is 13.0. The molecule has 0 unspecified atom stereocenters. The molecular weight excluding hydrogens is 354 g/mol. The molecule has 0 N–H and O–H groups in total. The Morgan fingerprint density at radius 1 is 1.13 bits per heavy atom. The fourth-order valence-corrected chi connectivity index (χ4v) is 3.46. The summed E-state index contributed by atoms with van der Waals surface area (Å²) in [5.74, 6) is 0.159. The van der Waals surface area contributed by atoms with E-state index >= 15 is 0 Å². The molecule has 2 aromatic heterocycles. The molecular formula is C18H16BrN3O. The summed E-state index contributed by atoms with van der Waals surface area (Å²) < 4.78 is 2.75. The van der Waals surface area contributed by atoms with Crippen molar-refractivity contribution in [2.24, 2.45) is 5.41 Å². The van der Waals surface area contributed by atoms with Crippen LogP contribution >= 0.6 is 15.9 Å². The lowest BCUT2D eigenvalue weighted by atomic mass is 9.76. The SMILES string of the molecule is CC1(C)CC(=O)c2cn3ncc(-c4ccc(Br)cc4)c3nc2C1. The molecule has 0 bridgehead atoms. The number of nitrogens with zero attached hydrogens (tertiary/aromatic N) is 3. The topological polar surface area (TPSA) is 47.3 Å². The van der Waals surface area contributed by atoms with E-state index in [0.717, 1.165) is 33.4 Å². The van der Waals surface area contributed by atoms with Crippen LogP contribution in [0.25, 0.3) is 16.8 Å². The van der Waals surface area contributed by atoms with Gasteiger partial charge in [0, 0.05) is 22.7 Å². The number of carbonyl (C=O) groups is 1. The molecule has 23 heavy (non-hydrogen) atoms. The minimum Gasteiger partial charge on any atom is -0.294 e. The van der Waals surface area contributed by atoms with Gasteiger partial charge in [-0.15, -0.1) is 0 Å². The van der Waals surface area contributed by atoms with Crippen molar-refractivity contribution in [3.05, 3.63) is 52.4 Å². The van der Waals surface area contributed by atoms with E-state index in [1.807, 2.05) is 36.7 Å². The maximum atomic E-state index is 12.4. The monoisotopic (exact) mass is 369 g/mol. The summed E-state index contributed by atoms with van der Waals surface area (Å²) in [7, 11) is 0. The third-order valence-electron chi connectivity index (χ3n) is 4.31. The van der Waals surface area contributed by atoms with Gasteiger partial charge in [0.25, 0.3) is 0 Å². The molecule has 0 atom stereocenters. The highest BCUT2D eigenvalue weighted by Crippen LogP contribution is 2.35. The number of rotatable bonds is 1. The zero-order valence-corrected chi connectivity index (χ0v) is 14.6. The predicted molar refractivity (Wildman–Crippen MR) is 92.6 cm³/mol. The van der Waals surface area contributed by atoms with E-state index < -0.39 is 0 Å². The number of benzene rings is 1. The number of halogens is 1. The minimum atomic E-state index is -0.0345. The first-order valence-corrected chi connectivity index (χ1v) is 8.39. The molecule has 2 heterocycles. The van der Waals surface area contributed by atoms with Crippen LogP contribution in [-0.2, 0) is 6.42 Å². The van der Waals surface area contributed by atoms with Crippen molar-refractivity contribution < 1.29 is 4.79 Å². The second kappa shape index (κ2) is 4.99. The van der Waals surface area contributed by atoms with Crippen molar-refractivity contribution in [3.63, 3.8) is 0 Å². The Kier molecular flexibility index (Phi) is 3.17. The Morgan fingerprint density at radius 3 is 2.61 bits per heavy atom. The van der Waals surface area contributed by atoms with Crippen molar-refractivity contribution in [2.75, 3.05) is 0 Å². The van der Waals surface area contributed by atoms with Crippen LogP contribution in [0.3, 0.4) is 0 Å². The molecule has 0 fully saturated rings. The Bertz CT molecular complexity index is 925. The van der Waals surface area contributed by atoms with Gasteiger partial charge in [0.05, 0.1) is 17.5 Å². The number of aromatic nitrogens is 3. The molecule has 1 aromatic carbocycles. The van der Waals surface area contributed by atoms with Gasteiger partial charge in [-0.3, -0.25) is 4.79 Å². The van der Waals surface area contributed by atoms with E-state index in [2.05, 4.69) is 34.9 Å². The van der Waals surface area contributed by atoms with Crippen LogP contribution in [0, 0.1) is 5.41 Å². The van der Waals surface area contributed by atoms with E-state index in [1.54, 1.807) is 4.52 Å². The van der Waals surface area contributed by atoms with E-state index in [1.165, 1.54) is 0 Å². The summed E-state index contributed by atoms with van der Waals surface area (Å²) in [6.07, 6.45) is 5.02. The highest BCUT2D eigenvalue weighted by atomic mass is 79.9. The summed E-state index contributed by atoms with van der Waals surface area (Å²) in [6.45, 7) is 4.23. The first kappa shape index (κ1) is 14.6. The average Bonchev–Trinajstić information content (AvgIpc) is 2.88. The van der Waals surface area contributed by atoms with E-state index in [-0.39, 0.29) is 11.2 Å². The standard InChI is InChI=1S/C18H16BrN3O/c1-18(2)7-15-14(16(23)8-18)10-22-17(21-15)13(9-20-22)11-3-5-12(19)6-4-11/h3-6,9-10H,7-8H2,1-2H3. The summed E-state index contributed by atoms with van der Waals surface area (Å²) in [5.41, 5.74) is 4.41. The Hall–Kier alpha value is -2.01. The maximum Gasteiger partial charge on any atom is 0.166 e. The lowest BCUT2D eigenvalue weighted by Gasteiger charge is -2.29. The van der Waals surface area contributed by atoms with Gasteiger partial charge in [0.2, 0.25) is 0 Å². The van der Waals surface area contributed by atoms with Crippen molar-refractivity contribution in [3.8, 4) is 11.1 Å². The number of Topliss-reactive ketones (excluding diaryl/α,β-unsaturated/α-hetero) is 1. The van der Waals surface area contributed by atoms with Gasteiger partial charge in [-0.05, 0) is 29.5 Å². The quantitative estimate of drug-likeness (QED) is 0.641. The van der Waals surface area contributed by atoms with Crippen LogP contribution in [0.4, 0.5) is 0 Å². The molecule has 1 aliphatic rings. The zero-order chi connectivity index (χ0) is 16.2. The molecule has 0 saturated heterocycles. The Morgan fingerprint density at radius 2 is 1.87 bits per heavy atom. The van der Waals surface area contributed by atoms with E-state index in [9.17, 15) is 4.79 Å². The first-order chi connectivity index (χ1) is 10.9. The van der Waals surface area contributed by atoms with Gasteiger partial charge in [-0.25, -0.2) is 9.50 Å². The third kappa shape index (κ3) is 2.49. The Labute approximate surface area is 142 Å². The fourth-order valence-electron chi connectivity index (χ4n) is 3.19. The first-order valence-electron chi connectivity index (χ1n) is 7.59. The molecule has 1 aliphatic carbocycles. The van der Waals surface area contributed by atoms with Gasteiger partial charge in [0.15, 0.2) is 11.4 Å². The number of carbonyl (C=O) groups excluding carboxylic acids is 1. The summed E-state index contributed by atoms with van der Waals surface area (Å²) in [4.78, 5) is 17.2. The number of hydrogen-bond acceptors (Lipinski definition) is 3. The predicted octanol–water partition coefficient (Wildman–Crippen LogP) is 4.31. The van der Waals surface area contributed by atoms with E-state index in [0.29, 0.717) is 12.0 Å². The molecule has 5 heteroatoms. The normalized spacial score (nSPS) is 16.6. The molecule has 0 spiro atoms. The smallest absolute Gasteiger partial charge is 0.166 e. The van der Waals surface area contributed by atoms with Crippen LogP contribution in [0.5, 0.6) is 0 Å². The molecule has 4 rings (SSSR count). The van der Waals surface area contributed by atoms with Crippen LogP contribution in [0.2, 0.25) is 0 Å². The van der Waals surface area contributed by atoms with Crippen molar-refractivity contribution in [1.82, 2.24) is 14.6 Å². The fraction of sp³-hybridized carbons (Fsp3) is 0.278. The number of hydrogen-bond donors (Lipinski definition) is 0. The van der Waals surface area contributed by atoms with Crippen LogP contribution in [-0.4, -0.2) is 20.4 Å². The Balaban J connectivity index is 1.90. The molecule has 3 aromatic rings. The van der Waals surface area contributed by atoms with Crippen LogP contribution < -0.4 is 0 Å². The van der Waals surface area contributed by atoms with Gasteiger partial charge in [0.1, 0.15) is 0 Å². The molecule has 0 radical (unpaired) electrons. The molecule has 0 amide bonds. The molecule has 0 saturated carbocycles. The van der Waals surface area contributed by atoms with Gasteiger partial charge < -0.3 is 0 Å². The second-order valence-electron chi connectivity index (χ2n) is 6.88. The molecule has 0 aliphatic heterocycles. The minimum absolute atomic E-state index is 0.0345. The average molecular weight is 370 g/mol. The van der Waals surface area contributed by atoms with Crippen LogP contribution in [0.15, 0.2) is 41.1 Å². The maximum absolute atomic E-state index is 12.4. The number of fused-ring (bicyclic) bond motifs is 2. The van der Waals surface area contributed by atoms with Gasteiger partial charge >= 0.3 is 0 Å². The van der Waals surface area contributed by atoms with E-state index in [4.69, 9.17) is 4.98 Å². The lowest BCUT2D eigenvalue weighted by Crippen LogP contribution is -2.28. The highest BCUT2D eigenvalue weighted by Gasteiger charge is 2.32. The number of ketones is 1. The van der Waals surface area contributed by atoms with Crippen molar-refractivity contribution in [2.45, 2.75) is 26.7 Å². The third-order valence-corrected chi connectivity index (χ3v) is 4.84. The highest BCUT2D eigenvalue weighted by molar-refractivity contribution is 9.10. The summed E-state index contributed by atoms with van der Waals surface area (Å²) in [5, 5.41) is 4.39. The summed E-state index contributed by atoms with van der Waals surface area (Å²) >= 11 is 3.45. The molecule has 4 nitrogen and oxygen atoms in total. The van der Waals surface area contributed by atoms with Crippen molar-refractivity contribution >= 4 is 27.4 Å². The van der Waals surface area contributed by atoms with Gasteiger partial charge in [-0.2, -0.15) is 5.10 Å². The summed E-state index contributed by atoms with van der Waals surface area (Å²) in [6, 6.07) is 8.09. The van der Waals surface area contributed by atoms with Gasteiger partial charge in [-0.1, -0.05) is 41.9 Å². The van der Waals surface area contributed by atoms with Crippen LogP contribution in [0.1, 0.15) is 36.3 Å². The largest absolute Gasteiger partial charge is 0.294 e. The lowest BCUT2D eigenvalue weighted by molar-refractivity contribution is 0.0909. The second-order valence-corrected chi connectivity index (χ2v) is 7.79.